The lowest BCUT2D eigenvalue weighted by molar-refractivity contribution is -0.671. The van der Waals surface area contributed by atoms with Gasteiger partial charge in [-0.1, -0.05) is 36.4 Å². The quantitative estimate of drug-likeness (QED) is 0.478. The summed E-state index contributed by atoms with van der Waals surface area (Å²) >= 11 is 1.28. The lowest BCUT2D eigenvalue weighted by atomic mass is 10.0. The second-order valence-electron chi connectivity index (χ2n) is 7.09. The maximum absolute atomic E-state index is 12.3. The summed E-state index contributed by atoms with van der Waals surface area (Å²) in [7, 11) is 1.98. The molecule has 2 N–H and O–H groups in total. The standard InChI is InChI=1S/C24H19N3O3S/c1-27-12-10-19(11-13-27)18-6-2-16(3-7-18)14-21-23(30)26-24(31-21)25-20-8-4-17(5-9-20)15-22(28)29/h2-14H,15H2,1H3,(H-,25,26,28,29,30)/p+1/b21-14+. The lowest BCUT2D eigenvalue weighted by Gasteiger charge is -2.01. The molecule has 2 aromatic carbocycles. The fourth-order valence-corrected chi connectivity index (χ4v) is 3.92. The van der Waals surface area contributed by atoms with Gasteiger partial charge >= 0.3 is 5.97 Å². The van der Waals surface area contributed by atoms with Crippen molar-refractivity contribution < 1.29 is 19.3 Å². The first-order chi connectivity index (χ1) is 15.0. The number of aliphatic carboxylic acids is 1. The van der Waals surface area contributed by atoms with Crippen LogP contribution in [0.3, 0.4) is 0 Å². The Labute approximate surface area is 184 Å². The van der Waals surface area contributed by atoms with Gasteiger partial charge in [-0.05, 0) is 52.2 Å². The van der Waals surface area contributed by atoms with E-state index in [1.807, 2.05) is 54.3 Å². The molecule has 0 radical (unpaired) electrons. The van der Waals surface area contributed by atoms with E-state index in [0.29, 0.717) is 21.3 Å². The van der Waals surface area contributed by atoms with Crippen LogP contribution in [-0.4, -0.2) is 22.2 Å². The molecule has 0 saturated carbocycles. The number of amides is 1. The van der Waals surface area contributed by atoms with Crippen molar-refractivity contribution in [1.82, 2.24) is 5.32 Å². The number of rotatable bonds is 5. The van der Waals surface area contributed by atoms with E-state index in [2.05, 4.69) is 22.4 Å². The van der Waals surface area contributed by atoms with Crippen LogP contribution in [0.25, 0.3) is 17.2 Å². The summed E-state index contributed by atoms with van der Waals surface area (Å²) in [5, 5.41) is 12.1. The molecule has 1 amide bonds. The van der Waals surface area contributed by atoms with Crippen molar-refractivity contribution in [2.45, 2.75) is 6.42 Å². The molecule has 31 heavy (non-hydrogen) atoms. The first-order valence-electron chi connectivity index (χ1n) is 9.62. The molecule has 1 aliphatic heterocycles. The van der Waals surface area contributed by atoms with Gasteiger partial charge < -0.3 is 10.4 Å². The summed E-state index contributed by atoms with van der Waals surface area (Å²) < 4.78 is 1.99. The molecule has 3 aromatic rings. The van der Waals surface area contributed by atoms with Crippen molar-refractivity contribution >= 4 is 40.6 Å². The molecule has 7 heteroatoms. The number of carboxylic acid groups (broad SMARTS) is 1. The Hall–Kier alpha value is -3.71. The third kappa shape index (κ3) is 5.26. The van der Waals surface area contributed by atoms with E-state index < -0.39 is 5.97 Å². The zero-order valence-electron chi connectivity index (χ0n) is 16.8. The zero-order valence-corrected chi connectivity index (χ0v) is 17.6. The number of benzene rings is 2. The highest BCUT2D eigenvalue weighted by atomic mass is 32.2. The van der Waals surface area contributed by atoms with Crippen molar-refractivity contribution in [2.24, 2.45) is 12.0 Å². The van der Waals surface area contributed by atoms with Crippen LogP contribution in [0.1, 0.15) is 11.1 Å². The van der Waals surface area contributed by atoms with E-state index in [1.54, 1.807) is 24.3 Å². The third-order valence-corrected chi connectivity index (χ3v) is 5.60. The van der Waals surface area contributed by atoms with Gasteiger partial charge in [0.15, 0.2) is 17.6 Å². The Morgan fingerprint density at radius 3 is 2.32 bits per heavy atom. The van der Waals surface area contributed by atoms with Gasteiger partial charge in [-0.2, -0.15) is 0 Å². The van der Waals surface area contributed by atoms with Crippen LogP contribution in [0.15, 0.2) is 83.0 Å². The number of hydrogen-bond donors (Lipinski definition) is 2. The molecule has 0 unspecified atom stereocenters. The summed E-state index contributed by atoms with van der Waals surface area (Å²) in [6.45, 7) is 0. The van der Waals surface area contributed by atoms with Crippen LogP contribution >= 0.6 is 11.8 Å². The summed E-state index contributed by atoms with van der Waals surface area (Å²) in [6, 6.07) is 19.1. The molecular weight excluding hydrogens is 410 g/mol. The smallest absolute Gasteiger partial charge is 0.307 e. The molecule has 6 nitrogen and oxygen atoms in total. The second-order valence-corrected chi connectivity index (χ2v) is 8.12. The van der Waals surface area contributed by atoms with Crippen molar-refractivity contribution in [3.05, 3.63) is 89.1 Å². The Balaban J connectivity index is 1.46. The number of carboxylic acids is 1. The first kappa shape index (κ1) is 20.6. The molecule has 0 aliphatic carbocycles. The predicted molar refractivity (Wildman–Crippen MR) is 122 cm³/mol. The maximum Gasteiger partial charge on any atom is 0.307 e. The number of thioether (sulfide) groups is 1. The number of aliphatic imine (C=N–C) groups is 1. The van der Waals surface area contributed by atoms with Crippen LogP contribution < -0.4 is 9.88 Å². The number of nitrogens with one attached hydrogen (secondary N) is 1. The van der Waals surface area contributed by atoms with Gasteiger partial charge in [0.2, 0.25) is 0 Å². The fourth-order valence-electron chi connectivity index (χ4n) is 3.08. The molecule has 4 rings (SSSR count). The van der Waals surface area contributed by atoms with Crippen molar-refractivity contribution in [3.63, 3.8) is 0 Å². The number of carbonyl (C=O) groups is 2. The van der Waals surface area contributed by atoms with Gasteiger partial charge in [-0.25, -0.2) is 9.56 Å². The van der Waals surface area contributed by atoms with Crippen LogP contribution in [-0.2, 0) is 23.1 Å². The number of aryl methyl sites for hydroxylation is 1. The molecule has 0 atom stereocenters. The Morgan fingerprint density at radius 1 is 1.03 bits per heavy atom. The highest BCUT2D eigenvalue weighted by Gasteiger charge is 2.23. The number of amidine groups is 1. The van der Waals surface area contributed by atoms with Crippen LogP contribution in [0.5, 0.6) is 0 Å². The molecule has 154 valence electrons. The summed E-state index contributed by atoms with van der Waals surface area (Å²) in [5.74, 6) is -1.07. The fraction of sp³-hybridized carbons (Fsp3) is 0.0833. The van der Waals surface area contributed by atoms with E-state index >= 15 is 0 Å². The summed E-state index contributed by atoms with van der Waals surface area (Å²) in [4.78, 5) is 28.1. The molecule has 2 heterocycles. The van der Waals surface area contributed by atoms with Crippen LogP contribution in [0, 0.1) is 0 Å². The number of nitrogens with zero attached hydrogens (tertiary/aromatic N) is 2. The largest absolute Gasteiger partial charge is 0.481 e. The van der Waals surface area contributed by atoms with E-state index in [1.165, 1.54) is 11.8 Å². The van der Waals surface area contributed by atoms with E-state index in [4.69, 9.17) is 5.11 Å². The third-order valence-electron chi connectivity index (χ3n) is 4.69. The highest BCUT2D eigenvalue weighted by molar-refractivity contribution is 8.18. The van der Waals surface area contributed by atoms with Gasteiger partial charge in [0.25, 0.3) is 5.91 Å². The number of carbonyl (C=O) groups excluding carboxylic acids is 1. The second kappa shape index (κ2) is 8.97. The monoisotopic (exact) mass is 430 g/mol. The minimum atomic E-state index is -0.877. The van der Waals surface area contributed by atoms with Gasteiger partial charge in [0, 0.05) is 12.1 Å². The molecular formula is C24H20N3O3S+. The minimum Gasteiger partial charge on any atom is -0.481 e. The Morgan fingerprint density at radius 2 is 1.68 bits per heavy atom. The predicted octanol–water partition coefficient (Wildman–Crippen LogP) is 3.70. The average molecular weight is 431 g/mol. The van der Waals surface area contributed by atoms with Gasteiger partial charge in [-0.15, -0.1) is 0 Å². The van der Waals surface area contributed by atoms with Gasteiger partial charge in [-0.3, -0.25) is 9.59 Å². The summed E-state index contributed by atoms with van der Waals surface area (Å²) in [5.41, 5.74) is 4.53. The molecule has 1 aliphatic rings. The maximum atomic E-state index is 12.3. The number of pyridine rings is 1. The molecule has 0 bridgehead atoms. The topological polar surface area (TPSA) is 82.6 Å². The SMILES string of the molecule is C[n+]1ccc(-c2ccc(/C=C3/SC(=Nc4ccc(CC(=O)O)cc4)NC3=O)cc2)cc1. The van der Waals surface area contributed by atoms with E-state index in [-0.39, 0.29) is 12.3 Å². The van der Waals surface area contributed by atoms with Crippen LogP contribution in [0.4, 0.5) is 5.69 Å². The highest BCUT2D eigenvalue weighted by Crippen LogP contribution is 2.29. The number of hydrogen-bond acceptors (Lipinski definition) is 4. The Bertz CT molecular complexity index is 1180. The van der Waals surface area contributed by atoms with E-state index in [9.17, 15) is 9.59 Å². The molecule has 0 spiro atoms. The summed E-state index contributed by atoms with van der Waals surface area (Å²) in [6.07, 6.45) is 5.82. The Kier molecular flexibility index (Phi) is 5.95. The molecule has 1 aromatic heterocycles. The van der Waals surface area contributed by atoms with Crippen molar-refractivity contribution in [3.8, 4) is 11.1 Å². The van der Waals surface area contributed by atoms with Gasteiger partial charge in [0.05, 0.1) is 17.0 Å². The normalized spacial score (nSPS) is 16.0. The molecule has 1 fully saturated rings. The first-order valence-corrected chi connectivity index (χ1v) is 10.4. The van der Waals surface area contributed by atoms with E-state index in [0.717, 1.165) is 16.7 Å². The lowest BCUT2D eigenvalue weighted by Crippen LogP contribution is -2.25. The van der Waals surface area contributed by atoms with Gasteiger partial charge in [0.1, 0.15) is 7.05 Å². The van der Waals surface area contributed by atoms with Crippen molar-refractivity contribution in [2.75, 3.05) is 0 Å². The van der Waals surface area contributed by atoms with Crippen molar-refractivity contribution in [1.29, 1.82) is 0 Å². The van der Waals surface area contributed by atoms with Crippen LogP contribution in [0.2, 0.25) is 0 Å². The molecule has 1 saturated heterocycles. The minimum absolute atomic E-state index is 0.0309. The zero-order chi connectivity index (χ0) is 21.8. The number of aromatic nitrogens is 1. The average Bonchev–Trinajstić information content (AvgIpc) is 3.09.